The number of rotatable bonds is 4. The van der Waals surface area contributed by atoms with Crippen molar-refractivity contribution in [2.24, 2.45) is 0 Å². The molecule has 0 aliphatic carbocycles. The van der Waals surface area contributed by atoms with Gasteiger partial charge in [0.05, 0.1) is 0 Å². The van der Waals surface area contributed by atoms with Crippen LogP contribution >= 0.6 is 0 Å². The van der Waals surface area contributed by atoms with Crippen molar-refractivity contribution in [3.8, 4) is 0 Å². The second kappa shape index (κ2) is 7.06. The number of hydrogen-bond acceptors (Lipinski definition) is 2. The van der Waals surface area contributed by atoms with Gasteiger partial charge in [-0.1, -0.05) is 24.6 Å². The molecule has 0 spiro atoms. The molecular formula is C20H29N3. The van der Waals surface area contributed by atoms with Crippen LogP contribution in [0.3, 0.4) is 0 Å². The highest BCUT2D eigenvalue weighted by Gasteiger charge is 2.23. The maximum atomic E-state index is 3.68. The Morgan fingerprint density at radius 1 is 1.04 bits per heavy atom. The highest BCUT2D eigenvalue weighted by molar-refractivity contribution is 5.83. The predicted octanol–water partition coefficient (Wildman–Crippen LogP) is 3.88. The molecule has 0 amide bonds. The molecule has 3 nitrogen and oxygen atoms in total. The Morgan fingerprint density at radius 2 is 1.91 bits per heavy atom. The molecule has 1 aromatic heterocycles. The van der Waals surface area contributed by atoms with Gasteiger partial charge in [0, 0.05) is 23.1 Å². The highest BCUT2D eigenvalue weighted by Crippen LogP contribution is 2.33. The van der Waals surface area contributed by atoms with Crippen LogP contribution in [0.4, 0.5) is 0 Å². The van der Waals surface area contributed by atoms with Crippen molar-refractivity contribution in [2.75, 3.05) is 26.2 Å². The SMILES string of the molecule is c1ccc2c(C3CCN(CC[C@@H]4CCCCN4)CC3)c[nH]c2c1. The third kappa shape index (κ3) is 3.46. The van der Waals surface area contributed by atoms with Crippen LogP contribution < -0.4 is 5.32 Å². The molecule has 0 bridgehead atoms. The van der Waals surface area contributed by atoms with Crippen molar-refractivity contribution in [3.63, 3.8) is 0 Å². The zero-order valence-electron chi connectivity index (χ0n) is 14.1. The fourth-order valence-electron chi connectivity index (χ4n) is 4.41. The minimum absolute atomic E-state index is 0.732. The lowest BCUT2D eigenvalue weighted by atomic mass is 9.89. The molecule has 2 N–H and O–H groups in total. The predicted molar refractivity (Wildman–Crippen MR) is 97.0 cm³/mol. The van der Waals surface area contributed by atoms with Gasteiger partial charge in [-0.2, -0.15) is 0 Å². The van der Waals surface area contributed by atoms with E-state index in [9.17, 15) is 0 Å². The number of fused-ring (bicyclic) bond motifs is 1. The fourth-order valence-corrected chi connectivity index (χ4v) is 4.41. The van der Waals surface area contributed by atoms with Crippen molar-refractivity contribution >= 4 is 10.9 Å². The van der Waals surface area contributed by atoms with Gasteiger partial charge in [-0.25, -0.2) is 0 Å². The zero-order valence-corrected chi connectivity index (χ0v) is 14.1. The van der Waals surface area contributed by atoms with Crippen molar-refractivity contribution in [1.29, 1.82) is 0 Å². The molecule has 124 valence electrons. The van der Waals surface area contributed by atoms with E-state index in [1.54, 1.807) is 0 Å². The highest BCUT2D eigenvalue weighted by atomic mass is 15.1. The molecule has 2 aromatic rings. The minimum Gasteiger partial charge on any atom is -0.361 e. The first kappa shape index (κ1) is 15.2. The third-order valence-electron chi connectivity index (χ3n) is 5.85. The van der Waals surface area contributed by atoms with Gasteiger partial charge >= 0.3 is 0 Å². The smallest absolute Gasteiger partial charge is 0.0456 e. The van der Waals surface area contributed by atoms with Gasteiger partial charge in [-0.05, 0) is 75.8 Å². The maximum absolute atomic E-state index is 3.68. The molecular weight excluding hydrogens is 282 g/mol. The lowest BCUT2D eigenvalue weighted by Crippen LogP contribution is -2.39. The third-order valence-corrected chi connectivity index (χ3v) is 5.85. The summed E-state index contributed by atoms with van der Waals surface area (Å²) in [6.07, 6.45) is 10.4. The summed E-state index contributed by atoms with van der Waals surface area (Å²) in [5.74, 6) is 0.732. The van der Waals surface area contributed by atoms with Gasteiger partial charge in [0.15, 0.2) is 0 Å². The number of hydrogen-bond donors (Lipinski definition) is 2. The zero-order chi connectivity index (χ0) is 15.5. The van der Waals surface area contributed by atoms with Gasteiger partial charge < -0.3 is 15.2 Å². The Morgan fingerprint density at radius 3 is 2.74 bits per heavy atom. The summed E-state index contributed by atoms with van der Waals surface area (Å²) in [4.78, 5) is 6.13. The topological polar surface area (TPSA) is 31.1 Å². The molecule has 0 unspecified atom stereocenters. The molecule has 1 aromatic carbocycles. The molecule has 1 atom stereocenters. The van der Waals surface area contributed by atoms with Crippen LogP contribution in [0, 0.1) is 0 Å². The average molecular weight is 311 g/mol. The summed E-state index contributed by atoms with van der Waals surface area (Å²) in [7, 11) is 0. The van der Waals surface area contributed by atoms with Crippen LogP contribution in [0.25, 0.3) is 10.9 Å². The lowest BCUT2D eigenvalue weighted by Gasteiger charge is -2.33. The van der Waals surface area contributed by atoms with E-state index >= 15 is 0 Å². The van der Waals surface area contributed by atoms with Crippen LogP contribution in [0.2, 0.25) is 0 Å². The molecule has 0 radical (unpaired) electrons. The summed E-state index contributed by atoms with van der Waals surface area (Å²) in [5.41, 5.74) is 2.82. The second-order valence-corrected chi connectivity index (χ2v) is 7.34. The Bertz CT molecular complexity index is 619. The second-order valence-electron chi connectivity index (χ2n) is 7.34. The first-order valence-electron chi connectivity index (χ1n) is 9.42. The van der Waals surface area contributed by atoms with Crippen molar-refractivity contribution in [1.82, 2.24) is 15.2 Å². The number of H-pyrrole nitrogens is 1. The Kier molecular flexibility index (Phi) is 4.67. The summed E-state index contributed by atoms with van der Waals surface area (Å²) in [6, 6.07) is 9.50. The van der Waals surface area contributed by atoms with E-state index in [1.807, 2.05) is 0 Å². The van der Waals surface area contributed by atoms with Crippen molar-refractivity contribution < 1.29 is 0 Å². The number of benzene rings is 1. The number of nitrogens with one attached hydrogen (secondary N) is 2. The molecule has 2 saturated heterocycles. The minimum atomic E-state index is 0.732. The number of aromatic nitrogens is 1. The Labute approximate surface area is 139 Å². The maximum Gasteiger partial charge on any atom is 0.0456 e. The molecule has 0 saturated carbocycles. The number of para-hydroxylation sites is 1. The number of aromatic amines is 1. The van der Waals surface area contributed by atoms with Crippen LogP contribution in [0.15, 0.2) is 30.5 Å². The Balaban J connectivity index is 1.30. The van der Waals surface area contributed by atoms with Gasteiger partial charge in [-0.3, -0.25) is 0 Å². The molecule has 2 aliphatic rings. The van der Waals surface area contributed by atoms with Gasteiger partial charge in [-0.15, -0.1) is 0 Å². The Hall–Kier alpha value is -1.32. The van der Waals surface area contributed by atoms with E-state index < -0.39 is 0 Å². The first-order valence-corrected chi connectivity index (χ1v) is 9.42. The van der Waals surface area contributed by atoms with Crippen LogP contribution in [0.1, 0.15) is 50.0 Å². The number of nitrogens with zero attached hydrogens (tertiary/aromatic N) is 1. The van der Waals surface area contributed by atoms with E-state index in [2.05, 4.69) is 45.7 Å². The molecule has 4 rings (SSSR count). The monoisotopic (exact) mass is 311 g/mol. The van der Waals surface area contributed by atoms with E-state index in [1.165, 1.54) is 81.2 Å². The largest absolute Gasteiger partial charge is 0.361 e. The van der Waals surface area contributed by atoms with E-state index in [0.717, 1.165) is 12.0 Å². The average Bonchev–Trinajstić information content (AvgIpc) is 3.05. The van der Waals surface area contributed by atoms with Crippen molar-refractivity contribution in [2.45, 2.75) is 50.5 Å². The number of piperidine rings is 2. The van der Waals surface area contributed by atoms with E-state index in [4.69, 9.17) is 0 Å². The quantitative estimate of drug-likeness (QED) is 0.898. The van der Waals surface area contributed by atoms with Crippen molar-refractivity contribution in [3.05, 3.63) is 36.0 Å². The van der Waals surface area contributed by atoms with Crippen LogP contribution in [-0.4, -0.2) is 42.1 Å². The summed E-state index contributed by atoms with van der Waals surface area (Å²) in [5, 5.41) is 5.11. The normalized spacial score (nSPS) is 24.3. The lowest BCUT2D eigenvalue weighted by molar-refractivity contribution is 0.198. The fraction of sp³-hybridized carbons (Fsp3) is 0.600. The first-order chi connectivity index (χ1) is 11.4. The van der Waals surface area contributed by atoms with Gasteiger partial charge in [0.1, 0.15) is 0 Å². The van der Waals surface area contributed by atoms with Crippen LogP contribution in [-0.2, 0) is 0 Å². The summed E-state index contributed by atoms with van der Waals surface area (Å²) < 4.78 is 0. The standard InChI is InChI=1S/C20H29N3/c1-2-7-20-18(6-1)19(15-22-20)16-8-12-23(13-9-16)14-10-17-5-3-4-11-21-17/h1-2,6-7,15-17,21-22H,3-5,8-14H2/t17-/m0/s1. The molecule has 23 heavy (non-hydrogen) atoms. The summed E-state index contributed by atoms with van der Waals surface area (Å²) in [6.45, 7) is 5.03. The van der Waals surface area contributed by atoms with Gasteiger partial charge in [0.25, 0.3) is 0 Å². The summed E-state index contributed by atoms with van der Waals surface area (Å²) >= 11 is 0. The molecule has 3 heteroatoms. The van der Waals surface area contributed by atoms with E-state index in [-0.39, 0.29) is 0 Å². The van der Waals surface area contributed by atoms with Gasteiger partial charge in [0.2, 0.25) is 0 Å². The van der Waals surface area contributed by atoms with Crippen LogP contribution in [0.5, 0.6) is 0 Å². The number of likely N-dealkylation sites (tertiary alicyclic amines) is 1. The molecule has 3 heterocycles. The molecule has 2 aliphatic heterocycles. The van der Waals surface area contributed by atoms with E-state index in [0.29, 0.717) is 0 Å². The molecule has 2 fully saturated rings.